The zero-order chi connectivity index (χ0) is 14.9. The lowest BCUT2D eigenvalue weighted by Crippen LogP contribution is -2.03. The second-order valence-corrected chi connectivity index (χ2v) is 5.08. The normalized spacial score (nSPS) is 10.5. The van der Waals surface area contributed by atoms with Crippen LogP contribution in [0.4, 0.5) is 5.82 Å². The number of nitrogen functional groups attached to an aromatic ring is 1. The molecule has 0 bridgehead atoms. The Morgan fingerprint density at radius 3 is 2.52 bits per heavy atom. The molecule has 0 saturated carbocycles. The number of ether oxygens (including phenoxy) is 1. The Labute approximate surface area is 126 Å². The molecule has 2 rings (SSSR count). The minimum Gasteiger partial charge on any atom is -0.478 e. The van der Waals surface area contributed by atoms with E-state index in [-0.39, 0.29) is 0 Å². The third-order valence-corrected chi connectivity index (χ3v) is 3.25. The number of anilines is 1. The summed E-state index contributed by atoms with van der Waals surface area (Å²) in [7, 11) is 0. The molecule has 21 heavy (non-hydrogen) atoms. The van der Waals surface area contributed by atoms with Gasteiger partial charge in [-0.15, -0.1) is 0 Å². The average Bonchev–Trinajstić information content (AvgIpc) is 2.51. The van der Waals surface area contributed by atoms with E-state index in [4.69, 9.17) is 10.5 Å². The van der Waals surface area contributed by atoms with Gasteiger partial charge in [0, 0.05) is 11.6 Å². The molecule has 0 fully saturated rings. The minimum atomic E-state index is 0.435. The van der Waals surface area contributed by atoms with E-state index in [2.05, 4.69) is 16.9 Å². The highest BCUT2D eigenvalue weighted by atomic mass is 16.5. The van der Waals surface area contributed by atoms with E-state index >= 15 is 0 Å². The van der Waals surface area contributed by atoms with Crippen molar-refractivity contribution < 1.29 is 4.74 Å². The molecule has 0 amide bonds. The van der Waals surface area contributed by atoms with Crippen molar-refractivity contribution in [2.24, 2.45) is 0 Å². The van der Waals surface area contributed by atoms with E-state index < -0.39 is 0 Å². The first-order valence-corrected chi connectivity index (χ1v) is 7.62. The first-order chi connectivity index (χ1) is 10.3. The number of unbranched alkanes of at least 4 members (excludes halogenated alkanes) is 4. The summed E-state index contributed by atoms with van der Waals surface area (Å²) in [5, 5.41) is 0. The summed E-state index contributed by atoms with van der Waals surface area (Å²) < 4.78 is 5.70. The summed E-state index contributed by atoms with van der Waals surface area (Å²) in [5.74, 6) is 1.60. The van der Waals surface area contributed by atoms with Crippen LogP contribution >= 0.6 is 0 Å². The molecule has 0 aliphatic rings. The first-order valence-electron chi connectivity index (χ1n) is 7.62. The van der Waals surface area contributed by atoms with Crippen molar-refractivity contribution >= 4 is 5.82 Å². The predicted octanol–water partition coefficient (Wildman–Crippen LogP) is 4.08. The molecule has 0 atom stereocenters. The molecule has 1 aromatic carbocycles. The van der Waals surface area contributed by atoms with Crippen molar-refractivity contribution in [2.45, 2.75) is 39.0 Å². The minimum absolute atomic E-state index is 0.435. The molecule has 4 nitrogen and oxygen atoms in total. The monoisotopic (exact) mass is 285 g/mol. The van der Waals surface area contributed by atoms with Crippen molar-refractivity contribution in [1.29, 1.82) is 0 Å². The molecule has 2 aromatic rings. The lowest BCUT2D eigenvalue weighted by molar-refractivity contribution is 0.293. The van der Waals surface area contributed by atoms with Crippen LogP contribution in [0.5, 0.6) is 5.88 Å². The molecule has 0 unspecified atom stereocenters. The molecule has 1 heterocycles. The van der Waals surface area contributed by atoms with E-state index in [0.29, 0.717) is 24.1 Å². The topological polar surface area (TPSA) is 61.0 Å². The van der Waals surface area contributed by atoms with Crippen LogP contribution in [-0.4, -0.2) is 16.6 Å². The van der Waals surface area contributed by atoms with Gasteiger partial charge in [-0.25, -0.2) is 4.98 Å². The summed E-state index contributed by atoms with van der Waals surface area (Å²) >= 11 is 0. The van der Waals surface area contributed by atoms with E-state index in [1.165, 1.54) is 25.7 Å². The zero-order valence-electron chi connectivity index (χ0n) is 12.6. The number of nitrogens with two attached hydrogens (primary N) is 1. The number of nitrogens with zero attached hydrogens (tertiary/aromatic N) is 2. The lowest BCUT2D eigenvalue weighted by Gasteiger charge is -2.08. The first kappa shape index (κ1) is 15.3. The quantitative estimate of drug-likeness (QED) is 0.742. The molecule has 2 N–H and O–H groups in total. The summed E-state index contributed by atoms with van der Waals surface area (Å²) in [6, 6.07) is 11.5. The van der Waals surface area contributed by atoms with Gasteiger partial charge in [0.05, 0.1) is 6.61 Å². The molecule has 0 saturated heterocycles. The van der Waals surface area contributed by atoms with Gasteiger partial charge in [0.25, 0.3) is 0 Å². The Morgan fingerprint density at radius 1 is 1.00 bits per heavy atom. The number of hydrogen-bond donors (Lipinski definition) is 1. The molecule has 1 aromatic heterocycles. The third kappa shape index (κ3) is 5.06. The molecule has 0 spiro atoms. The van der Waals surface area contributed by atoms with Crippen molar-refractivity contribution in [3.63, 3.8) is 0 Å². The van der Waals surface area contributed by atoms with Gasteiger partial charge in [-0.1, -0.05) is 62.9 Å². The summed E-state index contributed by atoms with van der Waals surface area (Å²) in [4.78, 5) is 8.68. The van der Waals surface area contributed by atoms with Gasteiger partial charge in [-0.3, -0.25) is 0 Å². The van der Waals surface area contributed by atoms with Crippen molar-refractivity contribution in [2.75, 3.05) is 12.3 Å². The average molecular weight is 285 g/mol. The smallest absolute Gasteiger partial charge is 0.219 e. The molecule has 112 valence electrons. The van der Waals surface area contributed by atoms with Crippen molar-refractivity contribution in [3.8, 4) is 17.3 Å². The van der Waals surface area contributed by atoms with Crippen molar-refractivity contribution in [3.05, 3.63) is 36.4 Å². The number of rotatable bonds is 8. The maximum Gasteiger partial charge on any atom is 0.219 e. The van der Waals surface area contributed by atoms with Crippen LogP contribution in [0.25, 0.3) is 11.4 Å². The molecule has 0 aliphatic heterocycles. The van der Waals surface area contributed by atoms with Crippen LogP contribution in [0.1, 0.15) is 39.0 Å². The Hall–Kier alpha value is -2.10. The number of aromatic nitrogens is 2. The van der Waals surface area contributed by atoms with Gasteiger partial charge in [0.1, 0.15) is 5.82 Å². The second-order valence-electron chi connectivity index (χ2n) is 5.08. The second kappa shape index (κ2) is 8.25. The van der Waals surface area contributed by atoms with Crippen LogP contribution in [0, 0.1) is 0 Å². The van der Waals surface area contributed by atoms with Gasteiger partial charge >= 0.3 is 0 Å². The van der Waals surface area contributed by atoms with Gasteiger partial charge in [0.15, 0.2) is 5.82 Å². The van der Waals surface area contributed by atoms with E-state index in [1.807, 2.05) is 30.3 Å². The highest BCUT2D eigenvalue weighted by Gasteiger charge is 2.05. The Bertz CT molecular complexity index is 543. The van der Waals surface area contributed by atoms with E-state index in [1.54, 1.807) is 6.07 Å². The van der Waals surface area contributed by atoms with Gasteiger partial charge < -0.3 is 10.5 Å². The van der Waals surface area contributed by atoms with Crippen LogP contribution in [0.2, 0.25) is 0 Å². The van der Waals surface area contributed by atoms with Crippen LogP contribution in [-0.2, 0) is 0 Å². The molecule has 0 aliphatic carbocycles. The Kier molecular flexibility index (Phi) is 6.00. The molecular weight excluding hydrogens is 262 g/mol. The van der Waals surface area contributed by atoms with Crippen LogP contribution in [0.3, 0.4) is 0 Å². The number of hydrogen-bond acceptors (Lipinski definition) is 4. The Morgan fingerprint density at radius 2 is 1.76 bits per heavy atom. The van der Waals surface area contributed by atoms with Gasteiger partial charge in [0.2, 0.25) is 5.88 Å². The highest BCUT2D eigenvalue weighted by molar-refractivity contribution is 5.57. The maximum absolute atomic E-state index is 5.84. The summed E-state index contributed by atoms with van der Waals surface area (Å²) in [6.45, 7) is 2.89. The largest absolute Gasteiger partial charge is 0.478 e. The fraction of sp³-hybridized carbons (Fsp3) is 0.412. The fourth-order valence-electron chi connectivity index (χ4n) is 2.12. The van der Waals surface area contributed by atoms with E-state index in [9.17, 15) is 0 Å². The summed E-state index contributed by atoms with van der Waals surface area (Å²) in [5.41, 5.74) is 6.78. The highest BCUT2D eigenvalue weighted by Crippen LogP contribution is 2.20. The molecular formula is C17H23N3O. The van der Waals surface area contributed by atoms with Crippen LogP contribution < -0.4 is 10.5 Å². The fourth-order valence-corrected chi connectivity index (χ4v) is 2.12. The standard InChI is InChI=1S/C17H23N3O/c1-2-3-4-5-9-12-21-16-13-15(18)19-17(20-16)14-10-7-6-8-11-14/h6-8,10-11,13H,2-5,9,12H2,1H3,(H2,18,19,20). The third-order valence-electron chi connectivity index (χ3n) is 3.25. The maximum atomic E-state index is 5.84. The van der Waals surface area contributed by atoms with Crippen LogP contribution in [0.15, 0.2) is 36.4 Å². The summed E-state index contributed by atoms with van der Waals surface area (Å²) in [6.07, 6.45) is 6.05. The Balaban J connectivity index is 1.93. The van der Waals surface area contributed by atoms with Gasteiger partial charge in [-0.2, -0.15) is 4.98 Å². The molecule has 4 heteroatoms. The lowest BCUT2D eigenvalue weighted by atomic mass is 10.2. The SMILES string of the molecule is CCCCCCCOc1cc(N)nc(-c2ccccc2)n1. The number of benzene rings is 1. The molecule has 0 radical (unpaired) electrons. The predicted molar refractivity (Wildman–Crippen MR) is 86.1 cm³/mol. The van der Waals surface area contributed by atoms with E-state index in [0.717, 1.165) is 12.0 Å². The van der Waals surface area contributed by atoms with Gasteiger partial charge in [-0.05, 0) is 6.42 Å². The van der Waals surface area contributed by atoms with Crippen molar-refractivity contribution in [1.82, 2.24) is 9.97 Å². The zero-order valence-corrected chi connectivity index (χ0v) is 12.6.